The van der Waals surface area contributed by atoms with Crippen LogP contribution in [0.5, 0.6) is 0 Å². The Labute approximate surface area is 119 Å². The van der Waals surface area contributed by atoms with Crippen molar-refractivity contribution >= 4 is 5.91 Å². The molecule has 2 aromatic rings. The molecular formula is C17H16N2O. The highest BCUT2D eigenvalue weighted by Crippen LogP contribution is 2.23. The normalized spacial score (nSPS) is 9.80. The van der Waals surface area contributed by atoms with E-state index in [4.69, 9.17) is 6.57 Å². The number of hydrogen-bond acceptors (Lipinski definition) is 1. The maximum Gasteiger partial charge on any atom is 0.252 e. The molecule has 20 heavy (non-hydrogen) atoms. The lowest BCUT2D eigenvalue weighted by Gasteiger charge is -2.09. The first-order valence-corrected chi connectivity index (χ1v) is 6.50. The van der Waals surface area contributed by atoms with Crippen LogP contribution in [0.4, 0.5) is 0 Å². The van der Waals surface area contributed by atoms with Crippen molar-refractivity contribution in [3.63, 3.8) is 0 Å². The topological polar surface area (TPSA) is 33.5 Å². The number of nitrogens with one attached hydrogen (secondary N) is 1. The zero-order chi connectivity index (χ0) is 14.4. The summed E-state index contributed by atoms with van der Waals surface area (Å²) in [6, 6.07) is 15.6. The molecule has 0 saturated carbocycles. The zero-order valence-electron chi connectivity index (χ0n) is 11.4. The van der Waals surface area contributed by atoms with E-state index in [1.54, 1.807) is 0 Å². The van der Waals surface area contributed by atoms with Crippen molar-refractivity contribution in [1.82, 2.24) is 5.32 Å². The smallest absolute Gasteiger partial charge is 0.252 e. The van der Waals surface area contributed by atoms with Gasteiger partial charge in [-0.05, 0) is 24.1 Å². The average Bonchev–Trinajstić information content (AvgIpc) is 2.48. The van der Waals surface area contributed by atoms with Crippen molar-refractivity contribution in [3.8, 4) is 11.1 Å². The van der Waals surface area contributed by atoms with Crippen molar-refractivity contribution in [3.05, 3.63) is 71.1 Å². The Morgan fingerprint density at radius 1 is 1.15 bits per heavy atom. The SMILES string of the molecule is [C-]#[N+]CCNC(=O)c1ccccc1-c1ccc(C)cc1. The van der Waals surface area contributed by atoms with E-state index in [1.165, 1.54) is 5.56 Å². The summed E-state index contributed by atoms with van der Waals surface area (Å²) in [5, 5.41) is 2.77. The second-order valence-electron chi connectivity index (χ2n) is 4.55. The third kappa shape index (κ3) is 3.24. The van der Waals surface area contributed by atoms with E-state index in [0.717, 1.165) is 11.1 Å². The van der Waals surface area contributed by atoms with Crippen LogP contribution in [0.2, 0.25) is 0 Å². The monoisotopic (exact) mass is 264 g/mol. The number of amides is 1. The Balaban J connectivity index is 2.29. The first-order chi connectivity index (χ1) is 9.72. The van der Waals surface area contributed by atoms with Crippen LogP contribution in [0.15, 0.2) is 48.5 Å². The summed E-state index contributed by atoms with van der Waals surface area (Å²) in [4.78, 5) is 15.4. The molecule has 100 valence electrons. The molecule has 0 atom stereocenters. The number of carbonyl (C=O) groups is 1. The summed E-state index contributed by atoms with van der Waals surface area (Å²) >= 11 is 0. The van der Waals surface area contributed by atoms with E-state index in [9.17, 15) is 4.79 Å². The molecule has 0 fully saturated rings. The predicted octanol–water partition coefficient (Wildman–Crippen LogP) is 3.31. The third-order valence-corrected chi connectivity index (χ3v) is 3.04. The lowest BCUT2D eigenvalue weighted by Crippen LogP contribution is -2.26. The van der Waals surface area contributed by atoms with Crippen LogP contribution in [0.3, 0.4) is 0 Å². The van der Waals surface area contributed by atoms with Gasteiger partial charge in [-0.25, -0.2) is 6.57 Å². The predicted molar refractivity (Wildman–Crippen MR) is 80.4 cm³/mol. The summed E-state index contributed by atoms with van der Waals surface area (Å²) in [7, 11) is 0. The van der Waals surface area contributed by atoms with Gasteiger partial charge in [0.15, 0.2) is 0 Å². The van der Waals surface area contributed by atoms with Crippen LogP contribution >= 0.6 is 0 Å². The lowest BCUT2D eigenvalue weighted by molar-refractivity contribution is 0.0956. The Hall–Kier alpha value is -2.60. The van der Waals surface area contributed by atoms with Gasteiger partial charge in [-0.3, -0.25) is 4.79 Å². The summed E-state index contributed by atoms with van der Waals surface area (Å²) < 4.78 is 0. The average molecular weight is 264 g/mol. The van der Waals surface area contributed by atoms with Gasteiger partial charge in [0, 0.05) is 5.56 Å². The van der Waals surface area contributed by atoms with E-state index in [1.807, 2.05) is 55.5 Å². The summed E-state index contributed by atoms with van der Waals surface area (Å²) in [6.07, 6.45) is 0. The number of aryl methyl sites for hydroxylation is 1. The van der Waals surface area contributed by atoms with E-state index in [-0.39, 0.29) is 5.91 Å². The minimum Gasteiger partial charge on any atom is -0.345 e. The molecule has 0 saturated heterocycles. The molecular weight excluding hydrogens is 248 g/mol. The number of rotatable bonds is 4. The molecule has 0 aliphatic carbocycles. The van der Waals surface area contributed by atoms with Crippen LogP contribution in [-0.2, 0) is 0 Å². The first kappa shape index (κ1) is 13.8. The van der Waals surface area contributed by atoms with Gasteiger partial charge in [0.2, 0.25) is 6.54 Å². The largest absolute Gasteiger partial charge is 0.345 e. The molecule has 0 aliphatic rings. The molecule has 0 aromatic heterocycles. The summed E-state index contributed by atoms with van der Waals surface area (Å²) in [6.45, 7) is 9.44. The molecule has 0 radical (unpaired) electrons. The fourth-order valence-corrected chi connectivity index (χ4v) is 1.99. The molecule has 2 rings (SSSR count). The van der Waals surface area contributed by atoms with Crippen molar-refractivity contribution in [1.29, 1.82) is 0 Å². The number of hydrogen-bond donors (Lipinski definition) is 1. The van der Waals surface area contributed by atoms with Gasteiger partial charge in [0.25, 0.3) is 5.91 Å². The van der Waals surface area contributed by atoms with Crippen LogP contribution < -0.4 is 5.32 Å². The Morgan fingerprint density at radius 2 is 1.85 bits per heavy atom. The van der Waals surface area contributed by atoms with Gasteiger partial charge >= 0.3 is 0 Å². The fourth-order valence-electron chi connectivity index (χ4n) is 1.99. The van der Waals surface area contributed by atoms with E-state index in [2.05, 4.69) is 10.2 Å². The molecule has 2 aromatic carbocycles. The minimum atomic E-state index is -0.134. The molecule has 1 amide bonds. The van der Waals surface area contributed by atoms with Crippen molar-refractivity contribution in [2.75, 3.05) is 13.1 Å². The highest BCUT2D eigenvalue weighted by molar-refractivity contribution is 6.00. The quantitative estimate of drug-likeness (QED) is 0.667. The lowest BCUT2D eigenvalue weighted by atomic mass is 9.98. The maximum absolute atomic E-state index is 12.2. The van der Waals surface area contributed by atoms with Crippen molar-refractivity contribution in [2.45, 2.75) is 6.92 Å². The third-order valence-electron chi connectivity index (χ3n) is 3.04. The fraction of sp³-hybridized carbons (Fsp3) is 0.176. The standard InChI is InChI=1S/C17H16N2O/c1-13-7-9-14(10-8-13)15-5-3-4-6-16(15)17(20)19-12-11-18-2/h3-10H,11-12H2,1H3,(H,19,20). The van der Waals surface area contributed by atoms with E-state index >= 15 is 0 Å². The molecule has 0 bridgehead atoms. The number of carbonyl (C=O) groups excluding carboxylic acids is 1. The summed E-state index contributed by atoms with van der Waals surface area (Å²) in [5.41, 5.74) is 3.76. The van der Waals surface area contributed by atoms with Gasteiger partial charge in [0.1, 0.15) is 0 Å². The van der Waals surface area contributed by atoms with Crippen LogP contribution in [0, 0.1) is 13.5 Å². The van der Waals surface area contributed by atoms with Gasteiger partial charge in [-0.1, -0.05) is 48.0 Å². The van der Waals surface area contributed by atoms with Gasteiger partial charge < -0.3 is 10.2 Å². The summed E-state index contributed by atoms with van der Waals surface area (Å²) in [5.74, 6) is -0.134. The van der Waals surface area contributed by atoms with E-state index in [0.29, 0.717) is 18.7 Å². The zero-order valence-corrected chi connectivity index (χ0v) is 11.4. The molecule has 0 spiro atoms. The number of nitrogens with zero attached hydrogens (tertiary/aromatic N) is 1. The van der Waals surface area contributed by atoms with Crippen LogP contribution in [-0.4, -0.2) is 19.0 Å². The highest BCUT2D eigenvalue weighted by Gasteiger charge is 2.11. The highest BCUT2D eigenvalue weighted by atomic mass is 16.1. The van der Waals surface area contributed by atoms with E-state index < -0.39 is 0 Å². The second-order valence-corrected chi connectivity index (χ2v) is 4.55. The molecule has 1 N–H and O–H groups in total. The molecule has 0 heterocycles. The van der Waals surface area contributed by atoms with Gasteiger partial charge in [-0.2, -0.15) is 0 Å². The van der Waals surface area contributed by atoms with Crippen LogP contribution in [0.25, 0.3) is 16.0 Å². The molecule has 3 heteroatoms. The minimum absolute atomic E-state index is 0.134. The maximum atomic E-state index is 12.2. The van der Waals surface area contributed by atoms with Gasteiger partial charge in [0.05, 0.1) is 6.54 Å². The Morgan fingerprint density at radius 3 is 2.55 bits per heavy atom. The second kappa shape index (κ2) is 6.53. The van der Waals surface area contributed by atoms with Gasteiger partial charge in [-0.15, -0.1) is 0 Å². The Bertz CT molecular complexity index is 639. The van der Waals surface area contributed by atoms with Crippen LogP contribution in [0.1, 0.15) is 15.9 Å². The van der Waals surface area contributed by atoms with Crippen molar-refractivity contribution in [2.24, 2.45) is 0 Å². The molecule has 0 unspecified atom stereocenters. The molecule has 3 nitrogen and oxygen atoms in total. The Kier molecular flexibility index (Phi) is 4.52. The van der Waals surface area contributed by atoms with Crippen molar-refractivity contribution < 1.29 is 4.79 Å². The first-order valence-electron chi connectivity index (χ1n) is 6.50. The molecule has 0 aliphatic heterocycles. The number of benzene rings is 2.